The number of nitrogens with one attached hydrogen (secondary N) is 2. The van der Waals surface area contributed by atoms with Crippen molar-refractivity contribution in [2.24, 2.45) is 0 Å². The first-order valence-electron chi connectivity index (χ1n) is 6.43. The molecule has 0 bridgehead atoms. The molecule has 0 aliphatic carbocycles. The predicted molar refractivity (Wildman–Crippen MR) is 88.7 cm³/mol. The van der Waals surface area contributed by atoms with Gasteiger partial charge in [-0.2, -0.15) is 0 Å². The van der Waals surface area contributed by atoms with Crippen molar-refractivity contribution in [2.45, 2.75) is 13.8 Å². The van der Waals surface area contributed by atoms with Gasteiger partial charge in [-0.05, 0) is 25.1 Å². The van der Waals surface area contributed by atoms with Crippen LogP contribution >= 0.6 is 22.7 Å². The number of thiazole rings is 2. The molecule has 0 saturated carbocycles. The Morgan fingerprint density at radius 1 is 1.14 bits per heavy atom. The van der Waals surface area contributed by atoms with E-state index in [9.17, 15) is 9.59 Å². The minimum atomic E-state index is -0.217. The van der Waals surface area contributed by atoms with Gasteiger partial charge in [-0.1, -0.05) is 11.3 Å². The van der Waals surface area contributed by atoms with Crippen LogP contribution in [0, 0.1) is 6.92 Å². The third-order valence-electron chi connectivity index (χ3n) is 2.77. The lowest BCUT2D eigenvalue weighted by atomic mass is 10.2. The quantitative estimate of drug-likeness (QED) is 0.771. The molecular formula is C14H12N4O2S2. The highest BCUT2D eigenvalue weighted by molar-refractivity contribution is 7.22. The van der Waals surface area contributed by atoms with E-state index in [1.165, 1.54) is 29.6 Å². The Labute approximate surface area is 134 Å². The molecule has 2 N–H and O–H groups in total. The number of anilines is 2. The average Bonchev–Trinajstić information content (AvgIpc) is 3.02. The number of hydrogen-bond donors (Lipinski definition) is 2. The van der Waals surface area contributed by atoms with Gasteiger partial charge in [0.2, 0.25) is 5.91 Å². The third kappa shape index (κ3) is 3.12. The summed E-state index contributed by atoms with van der Waals surface area (Å²) in [5, 5.41) is 8.39. The molecule has 3 aromatic rings. The monoisotopic (exact) mass is 332 g/mol. The summed E-state index contributed by atoms with van der Waals surface area (Å²) in [4.78, 5) is 31.8. The minimum Gasteiger partial charge on any atom is -0.302 e. The summed E-state index contributed by atoms with van der Waals surface area (Å²) in [5.41, 5.74) is 2.15. The highest BCUT2D eigenvalue weighted by atomic mass is 32.1. The molecule has 2 aromatic heterocycles. The molecule has 22 heavy (non-hydrogen) atoms. The second-order valence-electron chi connectivity index (χ2n) is 4.63. The number of amides is 2. The van der Waals surface area contributed by atoms with Crippen LogP contribution in [-0.2, 0) is 4.79 Å². The fraction of sp³-hybridized carbons (Fsp3) is 0.143. The fourth-order valence-corrected chi connectivity index (χ4v) is 3.48. The van der Waals surface area contributed by atoms with Crippen LogP contribution in [-0.4, -0.2) is 21.8 Å². The molecule has 3 rings (SSSR count). The van der Waals surface area contributed by atoms with E-state index in [1.807, 2.05) is 12.3 Å². The van der Waals surface area contributed by atoms with E-state index in [0.717, 1.165) is 15.9 Å². The zero-order chi connectivity index (χ0) is 15.7. The highest BCUT2D eigenvalue weighted by Crippen LogP contribution is 2.27. The number of hydrogen-bond acceptors (Lipinski definition) is 6. The van der Waals surface area contributed by atoms with Crippen LogP contribution in [0.15, 0.2) is 23.6 Å². The van der Waals surface area contributed by atoms with Gasteiger partial charge < -0.3 is 5.32 Å². The Balaban J connectivity index is 1.84. The summed E-state index contributed by atoms with van der Waals surface area (Å²) in [6, 6.07) is 5.22. The molecule has 2 amide bonds. The predicted octanol–water partition coefficient (Wildman–Crippen LogP) is 3.27. The van der Waals surface area contributed by atoms with Gasteiger partial charge in [-0.3, -0.25) is 14.9 Å². The van der Waals surface area contributed by atoms with E-state index in [1.54, 1.807) is 18.2 Å². The number of aromatic nitrogens is 2. The third-order valence-corrected chi connectivity index (χ3v) is 4.58. The van der Waals surface area contributed by atoms with Crippen LogP contribution < -0.4 is 10.6 Å². The zero-order valence-electron chi connectivity index (χ0n) is 11.8. The van der Waals surface area contributed by atoms with Crippen molar-refractivity contribution >= 4 is 55.0 Å². The average molecular weight is 332 g/mol. The van der Waals surface area contributed by atoms with Gasteiger partial charge in [0.25, 0.3) is 5.91 Å². The molecule has 0 atom stereocenters. The Kier molecular flexibility index (Phi) is 3.86. The maximum atomic E-state index is 12.2. The molecule has 2 heterocycles. The molecule has 8 heteroatoms. The summed E-state index contributed by atoms with van der Waals surface area (Å²) in [6.45, 7) is 3.31. The lowest BCUT2D eigenvalue weighted by Crippen LogP contribution is -2.11. The van der Waals surface area contributed by atoms with Crippen molar-refractivity contribution in [1.29, 1.82) is 0 Å². The molecule has 0 spiro atoms. The van der Waals surface area contributed by atoms with Crippen LogP contribution in [0.25, 0.3) is 10.2 Å². The molecule has 0 saturated heterocycles. The van der Waals surface area contributed by atoms with Gasteiger partial charge in [0.1, 0.15) is 0 Å². The van der Waals surface area contributed by atoms with Gasteiger partial charge in [0, 0.05) is 17.9 Å². The maximum Gasteiger partial charge on any atom is 0.257 e. The number of rotatable bonds is 3. The van der Waals surface area contributed by atoms with Crippen molar-refractivity contribution in [3.63, 3.8) is 0 Å². The number of carbonyl (C=O) groups is 2. The van der Waals surface area contributed by atoms with Gasteiger partial charge >= 0.3 is 0 Å². The van der Waals surface area contributed by atoms with Crippen LogP contribution in [0.5, 0.6) is 0 Å². The smallest absolute Gasteiger partial charge is 0.257 e. The van der Waals surface area contributed by atoms with Gasteiger partial charge in [0.05, 0.1) is 15.9 Å². The molecule has 0 fully saturated rings. The molecule has 1 aromatic carbocycles. The number of fused-ring (bicyclic) bond motifs is 1. The molecule has 0 radical (unpaired) electrons. The first-order chi connectivity index (χ1) is 10.5. The first-order valence-corrected chi connectivity index (χ1v) is 8.12. The highest BCUT2D eigenvalue weighted by Gasteiger charge is 2.11. The summed E-state index contributed by atoms with van der Waals surface area (Å²) >= 11 is 2.72. The number of benzene rings is 1. The van der Waals surface area contributed by atoms with Crippen LogP contribution in [0.3, 0.4) is 0 Å². The number of carbonyl (C=O) groups excluding carboxylic acids is 2. The lowest BCUT2D eigenvalue weighted by Gasteiger charge is -2.01. The van der Waals surface area contributed by atoms with Crippen LogP contribution in [0.1, 0.15) is 23.0 Å². The topological polar surface area (TPSA) is 84.0 Å². The Hall–Kier alpha value is -2.32. The second kappa shape index (κ2) is 5.82. The number of nitrogens with zero attached hydrogens (tertiary/aromatic N) is 2. The van der Waals surface area contributed by atoms with E-state index in [0.29, 0.717) is 15.8 Å². The molecule has 0 unspecified atom stereocenters. The summed E-state index contributed by atoms with van der Waals surface area (Å²) in [5.74, 6) is -0.387. The van der Waals surface area contributed by atoms with E-state index < -0.39 is 0 Å². The Bertz CT molecular complexity index is 869. The largest absolute Gasteiger partial charge is 0.302 e. The molecule has 0 aliphatic rings. The summed E-state index contributed by atoms with van der Waals surface area (Å²) < 4.78 is 0.840. The van der Waals surface area contributed by atoms with Crippen molar-refractivity contribution in [1.82, 2.24) is 9.97 Å². The maximum absolute atomic E-state index is 12.2. The van der Waals surface area contributed by atoms with E-state index >= 15 is 0 Å². The van der Waals surface area contributed by atoms with Crippen molar-refractivity contribution in [3.05, 3.63) is 34.8 Å². The SMILES string of the molecule is CC(=O)Nc1nc2ccc(C(=O)Nc3nc(C)cs3)cc2s1. The summed E-state index contributed by atoms with van der Waals surface area (Å²) in [6.07, 6.45) is 0. The Morgan fingerprint density at radius 3 is 2.64 bits per heavy atom. The molecule has 112 valence electrons. The normalized spacial score (nSPS) is 10.6. The fourth-order valence-electron chi connectivity index (χ4n) is 1.85. The van der Waals surface area contributed by atoms with E-state index in [2.05, 4.69) is 20.6 Å². The standard InChI is InChI=1S/C14H12N4O2S2/c1-7-6-21-13(15-7)18-12(20)9-3-4-10-11(5-9)22-14(17-10)16-8(2)19/h3-6H,1-2H3,(H,15,18,20)(H,16,17,19). The van der Waals surface area contributed by atoms with Gasteiger partial charge in [0.15, 0.2) is 10.3 Å². The lowest BCUT2D eigenvalue weighted by molar-refractivity contribution is -0.114. The van der Waals surface area contributed by atoms with Crippen molar-refractivity contribution in [3.8, 4) is 0 Å². The molecule has 0 aliphatic heterocycles. The van der Waals surface area contributed by atoms with Crippen molar-refractivity contribution in [2.75, 3.05) is 10.6 Å². The molecule has 6 nitrogen and oxygen atoms in total. The zero-order valence-corrected chi connectivity index (χ0v) is 13.5. The minimum absolute atomic E-state index is 0.170. The first kappa shape index (κ1) is 14.6. The van der Waals surface area contributed by atoms with E-state index in [-0.39, 0.29) is 11.8 Å². The second-order valence-corrected chi connectivity index (χ2v) is 6.52. The van der Waals surface area contributed by atoms with Crippen LogP contribution in [0.4, 0.5) is 10.3 Å². The Morgan fingerprint density at radius 2 is 1.95 bits per heavy atom. The van der Waals surface area contributed by atoms with E-state index in [4.69, 9.17) is 0 Å². The van der Waals surface area contributed by atoms with Gasteiger partial charge in [-0.15, -0.1) is 11.3 Å². The summed E-state index contributed by atoms with van der Waals surface area (Å²) in [7, 11) is 0. The molecular weight excluding hydrogens is 320 g/mol. The van der Waals surface area contributed by atoms with Crippen molar-refractivity contribution < 1.29 is 9.59 Å². The van der Waals surface area contributed by atoms with Gasteiger partial charge in [-0.25, -0.2) is 9.97 Å². The van der Waals surface area contributed by atoms with Crippen LogP contribution in [0.2, 0.25) is 0 Å². The number of aryl methyl sites for hydroxylation is 1.